The molecule has 0 spiro atoms. The first-order valence-electron chi connectivity index (χ1n) is 6.12. The lowest BCUT2D eigenvalue weighted by Gasteiger charge is -2.21. The normalized spacial score (nSPS) is 12.0. The summed E-state index contributed by atoms with van der Waals surface area (Å²) in [6, 6.07) is 4.83. The van der Waals surface area contributed by atoms with E-state index < -0.39 is 11.4 Å². The van der Waals surface area contributed by atoms with Gasteiger partial charge in [-0.3, -0.25) is 4.79 Å². The highest BCUT2D eigenvalue weighted by Crippen LogP contribution is 2.27. The molecule has 0 radical (unpaired) electrons. The Bertz CT molecular complexity index is 632. The van der Waals surface area contributed by atoms with Crippen molar-refractivity contribution < 1.29 is 14.3 Å². The Kier molecular flexibility index (Phi) is 3.30. The van der Waals surface area contributed by atoms with Crippen LogP contribution in [0.15, 0.2) is 18.2 Å². The fraction of sp³-hybridized carbons (Fsp3) is 0.429. The number of carboxylic acid groups (broad SMARTS) is 1. The van der Waals surface area contributed by atoms with E-state index in [1.165, 1.54) is 6.07 Å². The number of fused-ring (bicyclic) bond motifs is 1. The molecule has 0 unspecified atom stereocenters. The van der Waals surface area contributed by atoms with E-state index in [4.69, 9.17) is 5.11 Å². The number of halogens is 1. The Labute approximate surface area is 110 Å². The first kappa shape index (κ1) is 13.5. The van der Waals surface area contributed by atoms with E-state index in [2.05, 4.69) is 4.98 Å². The van der Waals surface area contributed by atoms with Crippen LogP contribution < -0.4 is 0 Å². The van der Waals surface area contributed by atoms with Crippen LogP contribution in [0.25, 0.3) is 11.0 Å². The van der Waals surface area contributed by atoms with Gasteiger partial charge < -0.3 is 9.67 Å². The van der Waals surface area contributed by atoms with Crippen LogP contribution in [0.5, 0.6) is 0 Å². The third kappa shape index (κ3) is 2.75. The summed E-state index contributed by atoms with van der Waals surface area (Å²) in [5.41, 5.74) is 0.643. The van der Waals surface area contributed by atoms with Gasteiger partial charge in [-0.1, -0.05) is 19.9 Å². The number of carbonyl (C=O) groups is 1. The fourth-order valence-corrected chi connectivity index (χ4v) is 2.29. The lowest BCUT2D eigenvalue weighted by atomic mass is 9.85. The van der Waals surface area contributed by atoms with Crippen molar-refractivity contribution >= 4 is 17.0 Å². The van der Waals surface area contributed by atoms with Gasteiger partial charge in [-0.2, -0.15) is 0 Å². The highest BCUT2D eigenvalue weighted by Gasteiger charge is 2.25. The summed E-state index contributed by atoms with van der Waals surface area (Å²) in [4.78, 5) is 15.1. The second-order valence-electron chi connectivity index (χ2n) is 5.61. The van der Waals surface area contributed by atoms with E-state index in [1.807, 2.05) is 25.5 Å². The average Bonchev–Trinajstić information content (AvgIpc) is 2.56. The van der Waals surface area contributed by atoms with Crippen LogP contribution in [0.3, 0.4) is 0 Å². The van der Waals surface area contributed by atoms with Gasteiger partial charge in [0.15, 0.2) is 5.82 Å². The van der Waals surface area contributed by atoms with Crippen LogP contribution in [-0.2, 0) is 18.3 Å². The molecule has 0 aliphatic rings. The van der Waals surface area contributed by atoms with Crippen molar-refractivity contribution in [3.63, 3.8) is 0 Å². The van der Waals surface area contributed by atoms with E-state index >= 15 is 0 Å². The topological polar surface area (TPSA) is 55.1 Å². The number of carboxylic acids is 1. The Morgan fingerprint density at radius 1 is 1.47 bits per heavy atom. The van der Waals surface area contributed by atoms with Gasteiger partial charge in [-0.05, 0) is 17.5 Å². The molecule has 2 aromatic rings. The van der Waals surface area contributed by atoms with Gasteiger partial charge >= 0.3 is 5.97 Å². The van der Waals surface area contributed by atoms with Crippen LogP contribution in [0.2, 0.25) is 0 Å². The van der Waals surface area contributed by atoms with Crippen molar-refractivity contribution in [2.75, 3.05) is 0 Å². The number of hydrogen-bond donors (Lipinski definition) is 1. The van der Waals surface area contributed by atoms with Crippen LogP contribution in [0.4, 0.5) is 4.39 Å². The Morgan fingerprint density at radius 2 is 2.16 bits per heavy atom. The van der Waals surface area contributed by atoms with Gasteiger partial charge in [0.05, 0.1) is 11.9 Å². The molecule has 0 amide bonds. The fourth-order valence-electron chi connectivity index (χ4n) is 2.29. The maximum absolute atomic E-state index is 13.7. The second-order valence-corrected chi connectivity index (χ2v) is 5.61. The maximum Gasteiger partial charge on any atom is 0.303 e. The summed E-state index contributed by atoms with van der Waals surface area (Å²) in [5.74, 6) is -0.489. The minimum absolute atomic E-state index is 0.0543. The molecule has 0 aliphatic carbocycles. The summed E-state index contributed by atoms with van der Waals surface area (Å²) >= 11 is 0. The SMILES string of the molecule is Cn1c(CC(C)(C)CC(=O)O)nc2c(F)cccc21. The molecule has 102 valence electrons. The minimum Gasteiger partial charge on any atom is -0.481 e. The van der Waals surface area contributed by atoms with Crippen molar-refractivity contribution in [2.45, 2.75) is 26.7 Å². The lowest BCUT2D eigenvalue weighted by Crippen LogP contribution is -2.21. The van der Waals surface area contributed by atoms with Crippen LogP contribution >= 0.6 is 0 Å². The second kappa shape index (κ2) is 4.64. The summed E-state index contributed by atoms with van der Waals surface area (Å²) in [6.45, 7) is 3.74. The smallest absolute Gasteiger partial charge is 0.303 e. The number of aryl methyl sites for hydroxylation is 1. The first-order chi connectivity index (χ1) is 8.80. The monoisotopic (exact) mass is 264 g/mol. The molecule has 0 aliphatic heterocycles. The van der Waals surface area contributed by atoms with Crippen LogP contribution in [0.1, 0.15) is 26.1 Å². The molecule has 0 saturated carbocycles. The zero-order chi connectivity index (χ0) is 14.2. The molecular weight excluding hydrogens is 247 g/mol. The quantitative estimate of drug-likeness (QED) is 0.923. The van der Waals surface area contributed by atoms with Gasteiger partial charge in [0.25, 0.3) is 0 Å². The molecule has 0 saturated heterocycles. The predicted octanol–water partition coefficient (Wildman–Crippen LogP) is 2.76. The molecule has 1 N–H and O–H groups in total. The third-order valence-corrected chi connectivity index (χ3v) is 3.22. The standard InChI is InChI=1S/C14H17FN2O2/c1-14(2,8-12(18)19)7-11-16-13-9(15)5-4-6-10(13)17(11)3/h4-6H,7-8H2,1-3H3,(H,18,19). The number of nitrogens with zero attached hydrogens (tertiary/aromatic N) is 2. The van der Waals surface area contributed by atoms with Crippen LogP contribution in [-0.4, -0.2) is 20.6 Å². The predicted molar refractivity (Wildman–Crippen MR) is 70.4 cm³/mol. The molecule has 0 atom stereocenters. The lowest BCUT2D eigenvalue weighted by molar-refractivity contribution is -0.139. The number of rotatable bonds is 4. The molecule has 4 nitrogen and oxygen atoms in total. The number of aromatic nitrogens is 2. The van der Waals surface area contributed by atoms with E-state index in [0.29, 0.717) is 17.8 Å². The van der Waals surface area contributed by atoms with Gasteiger partial charge in [0, 0.05) is 13.5 Å². The Morgan fingerprint density at radius 3 is 2.74 bits per heavy atom. The van der Waals surface area contributed by atoms with Gasteiger partial charge in [-0.15, -0.1) is 0 Å². The highest BCUT2D eigenvalue weighted by molar-refractivity contribution is 5.76. The van der Waals surface area contributed by atoms with Crippen molar-refractivity contribution in [3.05, 3.63) is 29.8 Å². The largest absolute Gasteiger partial charge is 0.481 e. The summed E-state index contributed by atoms with van der Waals surface area (Å²) < 4.78 is 15.5. The maximum atomic E-state index is 13.7. The molecule has 1 heterocycles. The molecule has 0 fully saturated rings. The Hall–Kier alpha value is -1.91. The van der Waals surface area contributed by atoms with E-state index in [-0.39, 0.29) is 12.2 Å². The number of hydrogen-bond acceptors (Lipinski definition) is 2. The average molecular weight is 264 g/mol. The molecule has 2 rings (SSSR count). The van der Waals surface area contributed by atoms with Gasteiger partial charge in [0.2, 0.25) is 0 Å². The number of aliphatic carboxylic acids is 1. The van der Waals surface area contributed by atoms with E-state index in [0.717, 1.165) is 5.52 Å². The summed E-state index contributed by atoms with van der Waals surface area (Å²) in [7, 11) is 1.82. The molecule has 5 heteroatoms. The van der Waals surface area contributed by atoms with Gasteiger partial charge in [-0.25, -0.2) is 9.37 Å². The van der Waals surface area contributed by atoms with Gasteiger partial charge in [0.1, 0.15) is 11.3 Å². The van der Waals surface area contributed by atoms with Crippen molar-refractivity contribution in [1.82, 2.24) is 9.55 Å². The zero-order valence-electron chi connectivity index (χ0n) is 11.3. The molecule has 1 aromatic heterocycles. The molecular formula is C14H17FN2O2. The summed E-state index contributed by atoms with van der Waals surface area (Å²) in [5, 5.41) is 8.89. The summed E-state index contributed by atoms with van der Waals surface area (Å²) in [6.07, 6.45) is 0.544. The third-order valence-electron chi connectivity index (χ3n) is 3.22. The molecule has 19 heavy (non-hydrogen) atoms. The van der Waals surface area contributed by atoms with Crippen LogP contribution in [0, 0.1) is 11.2 Å². The molecule has 0 bridgehead atoms. The van der Waals surface area contributed by atoms with E-state index in [9.17, 15) is 9.18 Å². The molecule has 1 aromatic carbocycles. The number of para-hydroxylation sites is 1. The van der Waals surface area contributed by atoms with Crippen molar-refractivity contribution in [3.8, 4) is 0 Å². The van der Waals surface area contributed by atoms with E-state index in [1.54, 1.807) is 12.1 Å². The minimum atomic E-state index is -0.838. The zero-order valence-corrected chi connectivity index (χ0v) is 11.3. The number of imidazole rings is 1. The highest BCUT2D eigenvalue weighted by atomic mass is 19.1. The first-order valence-corrected chi connectivity index (χ1v) is 6.12. The number of benzene rings is 1. The Balaban J connectivity index is 2.39. The van der Waals surface area contributed by atoms with Crippen molar-refractivity contribution in [2.24, 2.45) is 12.5 Å². The van der Waals surface area contributed by atoms with Crippen molar-refractivity contribution in [1.29, 1.82) is 0 Å².